The molecule has 0 aliphatic carbocycles. The highest BCUT2D eigenvalue weighted by Gasteiger charge is 2.12. The molecule has 1 aromatic carbocycles. The largest absolute Gasteiger partial charge is 0.461 e. The van der Waals surface area contributed by atoms with E-state index >= 15 is 0 Å². The standard InChI is InChI=1S/C12H9ClO2/c13-7-9-6-11(15-8-9)12(14)10-4-2-1-3-5-10/h1-6,8H,7H2. The predicted molar refractivity (Wildman–Crippen MR) is 58.1 cm³/mol. The van der Waals surface area contributed by atoms with Gasteiger partial charge in [-0.25, -0.2) is 0 Å². The van der Waals surface area contributed by atoms with Crippen LogP contribution < -0.4 is 0 Å². The summed E-state index contributed by atoms with van der Waals surface area (Å²) in [4.78, 5) is 11.8. The van der Waals surface area contributed by atoms with Gasteiger partial charge in [0.1, 0.15) is 0 Å². The van der Waals surface area contributed by atoms with Crippen LogP contribution in [0, 0.1) is 0 Å². The second-order valence-electron chi connectivity index (χ2n) is 3.15. The van der Waals surface area contributed by atoms with Gasteiger partial charge in [0.05, 0.1) is 12.1 Å². The van der Waals surface area contributed by atoms with E-state index < -0.39 is 0 Å². The van der Waals surface area contributed by atoms with Gasteiger partial charge in [0.15, 0.2) is 5.76 Å². The number of alkyl halides is 1. The van der Waals surface area contributed by atoms with Crippen LogP contribution in [-0.2, 0) is 5.88 Å². The van der Waals surface area contributed by atoms with Crippen molar-refractivity contribution in [2.24, 2.45) is 0 Å². The summed E-state index contributed by atoms with van der Waals surface area (Å²) >= 11 is 5.62. The first-order valence-electron chi connectivity index (χ1n) is 4.54. The lowest BCUT2D eigenvalue weighted by Gasteiger charge is -1.95. The highest BCUT2D eigenvalue weighted by Crippen LogP contribution is 2.14. The number of benzene rings is 1. The van der Waals surface area contributed by atoms with Crippen LogP contribution in [0.3, 0.4) is 0 Å². The SMILES string of the molecule is O=C(c1ccccc1)c1cc(CCl)co1. The van der Waals surface area contributed by atoms with Gasteiger partial charge in [0.2, 0.25) is 5.78 Å². The molecule has 0 fully saturated rings. The molecular formula is C12H9ClO2. The maximum Gasteiger partial charge on any atom is 0.228 e. The molecule has 0 spiro atoms. The van der Waals surface area contributed by atoms with Crippen LogP contribution >= 0.6 is 11.6 Å². The number of hydrogen-bond donors (Lipinski definition) is 0. The molecule has 2 aromatic rings. The van der Waals surface area contributed by atoms with Crippen LogP contribution in [0.1, 0.15) is 21.7 Å². The molecule has 1 aromatic heterocycles. The Balaban J connectivity index is 2.29. The number of carbonyl (C=O) groups excluding carboxylic acids is 1. The van der Waals surface area contributed by atoms with Crippen molar-refractivity contribution in [3.8, 4) is 0 Å². The summed E-state index contributed by atoms with van der Waals surface area (Å²) in [6, 6.07) is 10.7. The number of ketones is 1. The van der Waals surface area contributed by atoms with Crippen molar-refractivity contribution in [1.29, 1.82) is 0 Å². The zero-order chi connectivity index (χ0) is 10.7. The highest BCUT2D eigenvalue weighted by molar-refractivity contribution is 6.17. The fourth-order valence-electron chi connectivity index (χ4n) is 1.30. The van der Waals surface area contributed by atoms with Crippen LogP contribution in [0.25, 0.3) is 0 Å². The Labute approximate surface area is 92.5 Å². The summed E-state index contributed by atoms with van der Waals surface area (Å²) in [5.41, 5.74) is 1.43. The number of carbonyl (C=O) groups is 1. The van der Waals surface area contributed by atoms with E-state index in [0.29, 0.717) is 17.2 Å². The quantitative estimate of drug-likeness (QED) is 0.587. The molecule has 0 bridgehead atoms. The van der Waals surface area contributed by atoms with E-state index in [9.17, 15) is 4.79 Å². The van der Waals surface area contributed by atoms with E-state index in [1.54, 1.807) is 18.2 Å². The second-order valence-corrected chi connectivity index (χ2v) is 3.42. The van der Waals surface area contributed by atoms with Gasteiger partial charge < -0.3 is 4.42 Å². The van der Waals surface area contributed by atoms with Gasteiger partial charge >= 0.3 is 0 Å². The summed E-state index contributed by atoms with van der Waals surface area (Å²) in [5.74, 6) is 0.565. The summed E-state index contributed by atoms with van der Waals surface area (Å²) < 4.78 is 5.14. The highest BCUT2D eigenvalue weighted by atomic mass is 35.5. The smallest absolute Gasteiger partial charge is 0.228 e. The number of rotatable bonds is 3. The van der Waals surface area contributed by atoms with Gasteiger partial charge in [0, 0.05) is 11.1 Å². The van der Waals surface area contributed by atoms with E-state index in [1.807, 2.05) is 18.2 Å². The monoisotopic (exact) mass is 220 g/mol. The maximum absolute atomic E-state index is 11.8. The third-order valence-corrected chi connectivity index (χ3v) is 2.38. The van der Waals surface area contributed by atoms with Crippen molar-refractivity contribution < 1.29 is 9.21 Å². The fraction of sp³-hybridized carbons (Fsp3) is 0.0833. The molecule has 0 aliphatic rings. The summed E-state index contributed by atoms with van der Waals surface area (Å²) in [5, 5.41) is 0. The maximum atomic E-state index is 11.8. The van der Waals surface area contributed by atoms with Crippen LogP contribution in [0.4, 0.5) is 0 Å². The summed E-state index contributed by atoms with van der Waals surface area (Å²) in [6.07, 6.45) is 1.50. The molecule has 15 heavy (non-hydrogen) atoms. The van der Waals surface area contributed by atoms with Crippen LogP contribution in [0.15, 0.2) is 47.1 Å². The average molecular weight is 221 g/mol. The molecule has 0 radical (unpaired) electrons. The molecule has 0 amide bonds. The van der Waals surface area contributed by atoms with Crippen LogP contribution in [0.2, 0.25) is 0 Å². The zero-order valence-corrected chi connectivity index (χ0v) is 8.70. The van der Waals surface area contributed by atoms with Crippen molar-refractivity contribution >= 4 is 17.4 Å². The summed E-state index contributed by atoms with van der Waals surface area (Å²) in [6.45, 7) is 0. The Morgan fingerprint density at radius 1 is 1.27 bits per heavy atom. The van der Waals surface area contributed by atoms with Crippen molar-refractivity contribution in [2.75, 3.05) is 0 Å². The Bertz CT molecular complexity index is 459. The van der Waals surface area contributed by atoms with Gasteiger partial charge in [-0.2, -0.15) is 0 Å². The Morgan fingerprint density at radius 2 is 2.00 bits per heavy atom. The Morgan fingerprint density at radius 3 is 2.60 bits per heavy atom. The van der Waals surface area contributed by atoms with Gasteiger partial charge in [-0.15, -0.1) is 11.6 Å². The van der Waals surface area contributed by atoms with E-state index in [-0.39, 0.29) is 5.78 Å². The van der Waals surface area contributed by atoms with Crippen molar-refractivity contribution in [3.63, 3.8) is 0 Å². The minimum absolute atomic E-state index is 0.119. The minimum Gasteiger partial charge on any atom is -0.461 e. The third-order valence-electron chi connectivity index (χ3n) is 2.07. The minimum atomic E-state index is -0.119. The molecule has 0 N–H and O–H groups in total. The second kappa shape index (κ2) is 4.32. The molecule has 2 rings (SSSR count). The third kappa shape index (κ3) is 2.10. The lowest BCUT2D eigenvalue weighted by molar-refractivity contribution is 0.101. The molecule has 1 heterocycles. The van der Waals surface area contributed by atoms with Crippen molar-refractivity contribution in [3.05, 3.63) is 59.5 Å². The number of halogens is 1. The van der Waals surface area contributed by atoms with Crippen molar-refractivity contribution in [2.45, 2.75) is 5.88 Å². The fourth-order valence-corrected chi connectivity index (χ4v) is 1.44. The van der Waals surface area contributed by atoms with E-state index in [1.165, 1.54) is 6.26 Å². The first kappa shape index (κ1) is 9.99. The van der Waals surface area contributed by atoms with Crippen molar-refractivity contribution in [1.82, 2.24) is 0 Å². The molecule has 0 saturated heterocycles. The number of furan rings is 1. The normalized spacial score (nSPS) is 10.2. The first-order valence-corrected chi connectivity index (χ1v) is 5.08. The molecule has 0 saturated carbocycles. The summed E-state index contributed by atoms with van der Waals surface area (Å²) in [7, 11) is 0. The van der Waals surface area contributed by atoms with Gasteiger partial charge in [0.25, 0.3) is 0 Å². The lowest BCUT2D eigenvalue weighted by atomic mass is 10.1. The van der Waals surface area contributed by atoms with Gasteiger partial charge in [-0.05, 0) is 6.07 Å². The molecule has 2 nitrogen and oxygen atoms in total. The molecular weight excluding hydrogens is 212 g/mol. The lowest BCUT2D eigenvalue weighted by Crippen LogP contribution is -1.98. The molecule has 76 valence electrons. The van der Waals surface area contributed by atoms with E-state index in [4.69, 9.17) is 16.0 Å². The number of hydrogen-bond acceptors (Lipinski definition) is 2. The average Bonchev–Trinajstić information content (AvgIpc) is 2.78. The Kier molecular flexibility index (Phi) is 2.88. The van der Waals surface area contributed by atoms with Gasteiger partial charge in [-0.3, -0.25) is 4.79 Å². The Hall–Kier alpha value is -1.54. The van der Waals surface area contributed by atoms with E-state index in [0.717, 1.165) is 5.56 Å². The zero-order valence-electron chi connectivity index (χ0n) is 7.94. The molecule has 0 aliphatic heterocycles. The van der Waals surface area contributed by atoms with Gasteiger partial charge in [-0.1, -0.05) is 30.3 Å². The predicted octanol–water partition coefficient (Wildman–Crippen LogP) is 3.25. The van der Waals surface area contributed by atoms with E-state index in [2.05, 4.69) is 0 Å². The molecule has 3 heteroatoms. The van der Waals surface area contributed by atoms with Crippen LogP contribution in [-0.4, -0.2) is 5.78 Å². The molecule has 0 unspecified atom stereocenters. The molecule has 0 atom stereocenters. The topological polar surface area (TPSA) is 30.2 Å². The first-order chi connectivity index (χ1) is 7.31. The van der Waals surface area contributed by atoms with Crippen LogP contribution in [0.5, 0.6) is 0 Å².